The summed E-state index contributed by atoms with van der Waals surface area (Å²) in [5, 5.41) is -0.0302. The molecule has 0 spiro atoms. The highest BCUT2D eigenvalue weighted by molar-refractivity contribution is 6.30. The normalized spacial score (nSPS) is 10.3. The van der Waals surface area contributed by atoms with Gasteiger partial charge in [0, 0.05) is 19.2 Å². The van der Waals surface area contributed by atoms with E-state index in [-0.39, 0.29) is 10.8 Å². The van der Waals surface area contributed by atoms with Gasteiger partial charge in [-0.25, -0.2) is 4.79 Å². The quantitative estimate of drug-likeness (QED) is 0.822. The molecule has 0 radical (unpaired) electrons. The number of hydrogen-bond donors (Lipinski definition) is 1. The lowest BCUT2D eigenvalue weighted by Gasteiger charge is -2.03. The highest BCUT2D eigenvalue weighted by Gasteiger charge is 2.02. The molecule has 1 rings (SSSR count). The molecule has 1 aromatic heterocycles. The average Bonchev–Trinajstić information content (AvgIpc) is 2.13. The highest BCUT2D eigenvalue weighted by Crippen LogP contribution is 1.98. The molecule has 0 aliphatic heterocycles. The minimum absolute atomic E-state index is 0.0302. The van der Waals surface area contributed by atoms with E-state index >= 15 is 0 Å². The van der Waals surface area contributed by atoms with Crippen molar-refractivity contribution in [1.82, 2.24) is 9.55 Å². The molecule has 15 heavy (non-hydrogen) atoms. The summed E-state index contributed by atoms with van der Waals surface area (Å²) >= 11 is 5.56. The van der Waals surface area contributed by atoms with E-state index in [1.54, 1.807) is 0 Å². The van der Waals surface area contributed by atoms with Crippen LogP contribution >= 0.6 is 11.6 Å². The molecule has 0 aliphatic carbocycles. The van der Waals surface area contributed by atoms with Crippen LogP contribution in [0.25, 0.3) is 0 Å². The Morgan fingerprint density at radius 3 is 2.80 bits per heavy atom. The van der Waals surface area contributed by atoms with Crippen LogP contribution in [0.15, 0.2) is 15.8 Å². The van der Waals surface area contributed by atoms with Crippen LogP contribution in [0.2, 0.25) is 5.02 Å². The number of H-pyrrole nitrogens is 1. The number of halogens is 1. The lowest BCUT2D eigenvalue weighted by Crippen LogP contribution is -2.29. The van der Waals surface area contributed by atoms with Gasteiger partial charge in [0.2, 0.25) is 0 Å². The van der Waals surface area contributed by atoms with Gasteiger partial charge < -0.3 is 4.79 Å². The van der Waals surface area contributed by atoms with E-state index in [9.17, 15) is 14.4 Å². The molecule has 5 nitrogen and oxygen atoms in total. The summed E-state index contributed by atoms with van der Waals surface area (Å²) in [6.07, 6.45) is 2.24. The van der Waals surface area contributed by atoms with Gasteiger partial charge >= 0.3 is 5.69 Å². The Hall–Kier alpha value is -1.36. The number of carbonyl (C=O) groups is 1. The van der Waals surface area contributed by atoms with Crippen molar-refractivity contribution in [2.45, 2.75) is 26.3 Å². The molecule has 1 aromatic rings. The van der Waals surface area contributed by atoms with E-state index in [1.165, 1.54) is 17.7 Å². The van der Waals surface area contributed by atoms with Crippen molar-refractivity contribution in [2.24, 2.45) is 0 Å². The zero-order valence-corrected chi connectivity index (χ0v) is 9.00. The van der Waals surface area contributed by atoms with Crippen molar-refractivity contribution in [3.63, 3.8) is 0 Å². The Bertz CT molecular complexity index is 475. The fourth-order valence-electron chi connectivity index (χ4n) is 1.15. The fraction of sp³-hybridized carbons (Fsp3) is 0.444. The molecule has 0 aromatic carbocycles. The Morgan fingerprint density at radius 1 is 1.53 bits per heavy atom. The third kappa shape index (κ3) is 3.36. The largest absolute Gasteiger partial charge is 0.328 e. The van der Waals surface area contributed by atoms with Gasteiger partial charge in [0.05, 0.1) is 0 Å². The molecule has 0 saturated carbocycles. The van der Waals surface area contributed by atoms with E-state index in [2.05, 4.69) is 4.98 Å². The SMILES string of the molecule is CC(=O)CCCn1cc(Cl)c(=O)[nH]c1=O. The molecule has 0 aliphatic rings. The van der Waals surface area contributed by atoms with Crippen molar-refractivity contribution < 1.29 is 4.79 Å². The maximum atomic E-state index is 11.2. The van der Waals surface area contributed by atoms with Crippen molar-refractivity contribution in [2.75, 3.05) is 0 Å². The maximum Gasteiger partial charge on any atom is 0.328 e. The summed E-state index contributed by atoms with van der Waals surface area (Å²) in [4.78, 5) is 34.9. The number of ketones is 1. The number of Topliss-reactive ketones (excluding diaryl/α,β-unsaturated/α-hetero) is 1. The van der Waals surface area contributed by atoms with Crippen molar-refractivity contribution >= 4 is 17.4 Å². The van der Waals surface area contributed by atoms with Gasteiger partial charge in [-0.1, -0.05) is 11.6 Å². The number of hydrogen-bond acceptors (Lipinski definition) is 3. The molecule has 0 bridgehead atoms. The first kappa shape index (κ1) is 11.7. The first-order valence-corrected chi connectivity index (χ1v) is 4.87. The molecule has 0 saturated heterocycles. The van der Waals surface area contributed by atoms with Crippen LogP contribution in [0.5, 0.6) is 0 Å². The van der Waals surface area contributed by atoms with Gasteiger partial charge in [0.15, 0.2) is 0 Å². The predicted octanol–water partition coefficient (Wildman–Crippen LogP) is 0.559. The summed E-state index contributed by atoms with van der Waals surface area (Å²) in [7, 11) is 0. The Labute approximate surface area is 90.7 Å². The third-order valence-corrected chi connectivity index (χ3v) is 2.16. The number of aromatic amines is 1. The van der Waals surface area contributed by atoms with E-state index in [0.717, 1.165) is 0 Å². The van der Waals surface area contributed by atoms with Crippen molar-refractivity contribution in [3.8, 4) is 0 Å². The van der Waals surface area contributed by atoms with E-state index in [1.807, 2.05) is 0 Å². The number of carbonyl (C=O) groups excluding carboxylic acids is 1. The van der Waals surface area contributed by atoms with Crippen LogP contribution in [0.3, 0.4) is 0 Å². The molecule has 82 valence electrons. The Morgan fingerprint density at radius 2 is 2.20 bits per heavy atom. The highest BCUT2D eigenvalue weighted by atomic mass is 35.5. The number of nitrogens with one attached hydrogen (secondary N) is 1. The first-order valence-electron chi connectivity index (χ1n) is 4.49. The van der Waals surface area contributed by atoms with Crippen LogP contribution in [0, 0.1) is 0 Å². The van der Waals surface area contributed by atoms with Crippen LogP contribution in [0.4, 0.5) is 0 Å². The third-order valence-electron chi connectivity index (χ3n) is 1.90. The molecular formula is C9H11ClN2O3. The van der Waals surface area contributed by atoms with E-state index in [0.29, 0.717) is 19.4 Å². The van der Waals surface area contributed by atoms with Gasteiger partial charge in [0.25, 0.3) is 5.56 Å². The first-order chi connectivity index (χ1) is 7.00. The van der Waals surface area contributed by atoms with Crippen LogP contribution < -0.4 is 11.2 Å². The summed E-state index contributed by atoms with van der Waals surface area (Å²) in [6.45, 7) is 1.86. The molecule has 0 atom stereocenters. The summed E-state index contributed by atoms with van der Waals surface area (Å²) < 4.78 is 1.28. The minimum atomic E-state index is -0.593. The molecule has 1 heterocycles. The second kappa shape index (κ2) is 4.93. The summed E-state index contributed by atoms with van der Waals surface area (Å²) in [6, 6.07) is 0. The van der Waals surface area contributed by atoms with Gasteiger partial charge in [-0.3, -0.25) is 14.3 Å². The van der Waals surface area contributed by atoms with Crippen molar-refractivity contribution in [3.05, 3.63) is 32.1 Å². The zero-order valence-electron chi connectivity index (χ0n) is 8.25. The van der Waals surface area contributed by atoms with Gasteiger partial charge in [0.1, 0.15) is 10.8 Å². The molecule has 0 amide bonds. The molecular weight excluding hydrogens is 220 g/mol. The average molecular weight is 231 g/mol. The molecule has 0 unspecified atom stereocenters. The minimum Gasteiger partial charge on any atom is -0.300 e. The molecule has 0 fully saturated rings. The van der Waals surface area contributed by atoms with Crippen LogP contribution in [0.1, 0.15) is 19.8 Å². The Balaban J connectivity index is 2.78. The smallest absolute Gasteiger partial charge is 0.300 e. The fourth-order valence-corrected chi connectivity index (χ4v) is 1.31. The van der Waals surface area contributed by atoms with E-state index in [4.69, 9.17) is 11.6 Å². The van der Waals surface area contributed by atoms with Crippen LogP contribution in [-0.4, -0.2) is 15.3 Å². The number of aryl methyl sites for hydroxylation is 1. The summed E-state index contributed by atoms with van der Waals surface area (Å²) in [5.41, 5.74) is -1.10. The Kier molecular flexibility index (Phi) is 3.85. The number of aromatic nitrogens is 2. The predicted molar refractivity (Wildman–Crippen MR) is 56.2 cm³/mol. The van der Waals surface area contributed by atoms with Gasteiger partial charge in [-0.15, -0.1) is 0 Å². The topological polar surface area (TPSA) is 71.9 Å². The van der Waals surface area contributed by atoms with Crippen molar-refractivity contribution in [1.29, 1.82) is 0 Å². The van der Waals surface area contributed by atoms with Gasteiger partial charge in [-0.05, 0) is 13.3 Å². The standard InChI is InChI=1S/C9H11ClN2O3/c1-6(13)3-2-4-12-5-7(10)8(14)11-9(12)15/h5H,2-4H2,1H3,(H,11,14,15). The van der Waals surface area contributed by atoms with Crippen LogP contribution in [-0.2, 0) is 11.3 Å². The second-order valence-electron chi connectivity index (χ2n) is 3.24. The second-order valence-corrected chi connectivity index (χ2v) is 3.64. The maximum absolute atomic E-state index is 11.2. The monoisotopic (exact) mass is 230 g/mol. The number of nitrogens with zero attached hydrogens (tertiary/aromatic N) is 1. The van der Waals surface area contributed by atoms with E-state index < -0.39 is 11.2 Å². The zero-order chi connectivity index (χ0) is 11.4. The summed E-state index contributed by atoms with van der Waals surface area (Å²) in [5.74, 6) is 0.0681. The number of rotatable bonds is 4. The lowest BCUT2D eigenvalue weighted by molar-refractivity contribution is -0.117. The lowest BCUT2D eigenvalue weighted by atomic mass is 10.2. The van der Waals surface area contributed by atoms with Gasteiger partial charge in [-0.2, -0.15) is 0 Å². The molecule has 1 N–H and O–H groups in total. The molecule has 6 heteroatoms.